The van der Waals surface area contributed by atoms with Crippen molar-refractivity contribution >= 4 is 23.2 Å². The summed E-state index contributed by atoms with van der Waals surface area (Å²) in [5.41, 5.74) is 3.26. The van der Waals surface area contributed by atoms with Crippen LogP contribution in [0, 0.1) is 13.8 Å². The largest absolute Gasteiger partial charge is 0.457 e. The van der Waals surface area contributed by atoms with Gasteiger partial charge in [-0.25, -0.2) is 0 Å². The van der Waals surface area contributed by atoms with Gasteiger partial charge in [0.25, 0.3) is 0 Å². The maximum atomic E-state index is 5.98. The maximum Gasteiger partial charge on any atom is 0.127 e. The minimum atomic E-state index is 0.520. The van der Waals surface area contributed by atoms with Crippen LogP contribution in [0.15, 0.2) is 36.4 Å². The van der Waals surface area contributed by atoms with E-state index in [9.17, 15) is 0 Å². The van der Waals surface area contributed by atoms with Gasteiger partial charge in [0.05, 0.1) is 0 Å². The van der Waals surface area contributed by atoms with E-state index in [2.05, 4.69) is 0 Å². The molecule has 0 aromatic heterocycles. The van der Waals surface area contributed by atoms with E-state index in [1.54, 1.807) is 0 Å². The summed E-state index contributed by atoms with van der Waals surface area (Å²) in [6, 6.07) is 11.5. The molecule has 94 valence electrons. The first-order valence-electron chi connectivity index (χ1n) is 5.69. The fourth-order valence-corrected chi connectivity index (χ4v) is 2.12. The number of rotatable bonds is 3. The summed E-state index contributed by atoms with van der Waals surface area (Å²) in [4.78, 5) is 0. The standard InChI is InChI=1S/C15H14Cl2O/c1-10-7-13(4-3-12(10)9-16)18-14-5-6-15(17)11(2)8-14/h3-8H,9H2,1-2H3. The van der Waals surface area contributed by atoms with Gasteiger partial charge in [-0.05, 0) is 60.9 Å². The Bertz CT molecular complexity index is 564. The van der Waals surface area contributed by atoms with Crippen LogP contribution in [0.5, 0.6) is 11.5 Å². The first-order valence-corrected chi connectivity index (χ1v) is 6.61. The molecule has 0 heterocycles. The molecule has 0 aliphatic rings. The molecule has 0 spiro atoms. The molecule has 0 aliphatic carbocycles. The van der Waals surface area contributed by atoms with Crippen LogP contribution >= 0.6 is 23.2 Å². The Morgan fingerprint density at radius 2 is 1.56 bits per heavy atom. The average Bonchev–Trinajstić information content (AvgIpc) is 2.34. The second-order valence-electron chi connectivity index (χ2n) is 4.23. The molecule has 0 N–H and O–H groups in total. The summed E-state index contributed by atoms with van der Waals surface area (Å²) >= 11 is 11.8. The molecule has 0 saturated carbocycles. The predicted octanol–water partition coefficient (Wildman–Crippen LogP) is 5.49. The van der Waals surface area contributed by atoms with Crippen LogP contribution in [0.3, 0.4) is 0 Å². The summed E-state index contributed by atoms with van der Waals surface area (Å²) in [6.07, 6.45) is 0. The Morgan fingerprint density at radius 1 is 0.944 bits per heavy atom. The van der Waals surface area contributed by atoms with E-state index in [1.807, 2.05) is 50.2 Å². The quantitative estimate of drug-likeness (QED) is 0.676. The second-order valence-corrected chi connectivity index (χ2v) is 4.91. The molecule has 1 nitrogen and oxygen atoms in total. The molecule has 0 bridgehead atoms. The van der Waals surface area contributed by atoms with Crippen LogP contribution in [-0.4, -0.2) is 0 Å². The lowest BCUT2D eigenvalue weighted by Gasteiger charge is -2.09. The van der Waals surface area contributed by atoms with Gasteiger partial charge in [0.15, 0.2) is 0 Å². The van der Waals surface area contributed by atoms with E-state index in [0.717, 1.165) is 33.2 Å². The highest BCUT2D eigenvalue weighted by Gasteiger charge is 2.03. The molecule has 0 atom stereocenters. The molecule has 3 heteroatoms. The Hall–Kier alpha value is -1.18. The highest BCUT2D eigenvalue weighted by Crippen LogP contribution is 2.27. The SMILES string of the molecule is Cc1cc(Oc2ccc(CCl)c(C)c2)ccc1Cl. The Kier molecular flexibility index (Phi) is 4.15. The fraction of sp³-hybridized carbons (Fsp3) is 0.200. The molecule has 0 aliphatic heterocycles. The zero-order valence-corrected chi connectivity index (χ0v) is 11.8. The average molecular weight is 281 g/mol. The molecule has 0 fully saturated rings. The van der Waals surface area contributed by atoms with Crippen molar-refractivity contribution < 1.29 is 4.74 Å². The van der Waals surface area contributed by atoms with E-state index in [4.69, 9.17) is 27.9 Å². The molecular weight excluding hydrogens is 267 g/mol. The minimum Gasteiger partial charge on any atom is -0.457 e. The molecular formula is C15H14Cl2O. The predicted molar refractivity (Wildman–Crippen MR) is 77.0 cm³/mol. The van der Waals surface area contributed by atoms with E-state index in [-0.39, 0.29) is 0 Å². The van der Waals surface area contributed by atoms with E-state index >= 15 is 0 Å². The Labute approximate surface area is 117 Å². The van der Waals surface area contributed by atoms with Crippen molar-refractivity contribution in [3.63, 3.8) is 0 Å². The van der Waals surface area contributed by atoms with Crippen LogP contribution in [0.2, 0.25) is 5.02 Å². The van der Waals surface area contributed by atoms with Gasteiger partial charge in [0, 0.05) is 10.9 Å². The van der Waals surface area contributed by atoms with Gasteiger partial charge in [0.2, 0.25) is 0 Å². The van der Waals surface area contributed by atoms with Crippen molar-refractivity contribution in [2.45, 2.75) is 19.7 Å². The number of hydrogen-bond donors (Lipinski definition) is 0. The fourth-order valence-electron chi connectivity index (χ4n) is 1.70. The molecule has 0 radical (unpaired) electrons. The summed E-state index contributed by atoms with van der Waals surface area (Å²) in [5, 5.41) is 0.746. The monoisotopic (exact) mass is 280 g/mol. The van der Waals surface area contributed by atoms with Crippen LogP contribution < -0.4 is 4.74 Å². The summed E-state index contributed by atoms with van der Waals surface area (Å²) in [5.74, 6) is 2.12. The van der Waals surface area contributed by atoms with E-state index in [0.29, 0.717) is 5.88 Å². The van der Waals surface area contributed by atoms with Gasteiger partial charge in [-0.2, -0.15) is 0 Å². The van der Waals surface area contributed by atoms with Gasteiger partial charge in [-0.1, -0.05) is 17.7 Å². The first-order chi connectivity index (χ1) is 8.60. The normalized spacial score (nSPS) is 10.4. The number of ether oxygens (including phenoxy) is 1. The summed E-state index contributed by atoms with van der Waals surface area (Å²) < 4.78 is 5.79. The lowest BCUT2D eigenvalue weighted by Crippen LogP contribution is -1.89. The Morgan fingerprint density at radius 3 is 2.11 bits per heavy atom. The van der Waals surface area contributed by atoms with Gasteiger partial charge < -0.3 is 4.74 Å². The smallest absolute Gasteiger partial charge is 0.127 e. The summed E-state index contributed by atoms with van der Waals surface area (Å²) in [7, 11) is 0. The highest BCUT2D eigenvalue weighted by molar-refractivity contribution is 6.31. The molecule has 2 aromatic rings. The third kappa shape index (κ3) is 2.98. The maximum absolute atomic E-state index is 5.98. The zero-order valence-electron chi connectivity index (χ0n) is 10.3. The van der Waals surface area contributed by atoms with Crippen LogP contribution in [-0.2, 0) is 5.88 Å². The molecule has 0 saturated heterocycles. The molecule has 0 unspecified atom stereocenters. The number of benzene rings is 2. The van der Waals surface area contributed by atoms with Crippen molar-refractivity contribution in [1.29, 1.82) is 0 Å². The van der Waals surface area contributed by atoms with Crippen molar-refractivity contribution in [3.05, 3.63) is 58.1 Å². The highest BCUT2D eigenvalue weighted by atomic mass is 35.5. The molecule has 2 aromatic carbocycles. The Balaban J connectivity index is 2.23. The van der Waals surface area contributed by atoms with Crippen molar-refractivity contribution in [2.24, 2.45) is 0 Å². The van der Waals surface area contributed by atoms with Crippen molar-refractivity contribution in [3.8, 4) is 11.5 Å². The van der Waals surface area contributed by atoms with Crippen LogP contribution in [0.1, 0.15) is 16.7 Å². The van der Waals surface area contributed by atoms with Crippen molar-refractivity contribution in [1.82, 2.24) is 0 Å². The molecule has 2 rings (SSSR count). The number of aryl methyl sites for hydroxylation is 2. The lowest BCUT2D eigenvalue weighted by molar-refractivity contribution is 0.481. The number of halogens is 2. The molecule has 18 heavy (non-hydrogen) atoms. The third-order valence-electron chi connectivity index (χ3n) is 2.82. The van der Waals surface area contributed by atoms with Gasteiger partial charge in [0.1, 0.15) is 11.5 Å². The van der Waals surface area contributed by atoms with Crippen molar-refractivity contribution in [2.75, 3.05) is 0 Å². The van der Waals surface area contributed by atoms with Gasteiger partial charge in [-0.15, -0.1) is 11.6 Å². The van der Waals surface area contributed by atoms with Crippen LogP contribution in [0.4, 0.5) is 0 Å². The number of alkyl halides is 1. The van der Waals surface area contributed by atoms with Gasteiger partial charge >= 0.3 is 0 Å². The zero-order chi connectivity index (χ0) is 13.1. The molecule has 0 amide bonds. The first kappa shape index (κ1) is 13.3. The summed E-state index contributed by atoms with van der Waals surface area (Å²) in [6.45, 7) is 3.98. The topological polar surface area (TPSA) is 9.23 Å². The number of hydrogen-bond acceptors (Lipinski definition) is 1. The van der Waals surface area contributed by atoms with E-state index in [1.165, 1.54) is 0 Å². The lowest BCUT2D eigenvalue weighted by atomic mass is 10.1. The van der Waals surface area contributed by atoms with Gasteiger partial charge in [-0.3, -0.25) is 0 Å². The van der Waals surface area contributed by atoms with Crippen LogP contribution in [0.25, 0.3) is 0 Å². The van der Waals surface area contributed by atoms with E-state index < -0.39 is 0 Å². The third-order valence-corrected chi connectivity index (χ3v) is 3.54. The second kappa shape index (κ2) is 5.64. The minimum absolute atomic E-state index is 0.520.